The van der Waals surface area contributed by atoms with Gasteiger partial charge in [0, 0.05) is 29.4 Å². The lowest BCUT2D eigenvalue weighted by atomic mass is 10.8. The Hall–Kier alpha value is 0.110. The second kappa shape index (κ2) is 4.27. The Morgan fingerprint density at radius 1 is 1.71 bits per heavy atom. The van der Waals surface area contributed by atoms with Crippen molar-refractivity contribution in [2.45, 2.75) is 0 Å². The van der Waals surface area contributed by atoms with E-state index < -0.39 is 10.8 Å². The molecule has 0 heterocycles. The molecule has 0 saturated heterocycles. The molecule has 1 unspecified atom stereocenters. The van der Waals surface area contributed by atoms with Gasteiger partial charge in [-0.05, 0) is 7.05 Å². The van der Waals surface area contributed by atoms with E-state index in [0.29, 0.717) is 0 Å². The number of nitrogens with one attached hydrogen (secondary N) is 1. The Morgan fingerprint density at radius 3 is 2.43 bits per heavy atom. The van der Waals surface area contributed by atoms with Crippen molar-refractivity contribution >= 4 is 10.8 Å². The van der Waals surface area contributed by atoms with Crippen LogP contribution in [0.1, 0.15) is 0 Å². The van der Waals surface area contributed by atoms with Crippen LogP contribution in [0.15, 0.2) is 0 Å². The third-order valence-electron chi connectivity index (χ3n) is 0.640. The molecule has 0 aliphatic carbocycles. The first-order valence-corrected chi connectivity index (χ1v) is 3.94. The number of hydrogen-bond acceptors (Lipinski definition) is 2. The van der Waals surface area contributed by atoms with Gasteiger partial charge in [0.2, 0.25) is 0 Å². The SMILES string of the molecule is CNCCS(C)=O. The molecule has 1 atom stereocenters. The maximum Gasteiger partial charge on any atom is 0.0357 e. The molecule has 2 nitrogen and oxygen atoms in total. The quantitative estimate of drug-likeness (QED) is 0.549. The Balaban J connectivity index is 2.82. The summed E-state index contributed by atoms with van der Waals surface area (Å²) >= 11 is 0. The summed E-state index contributed by atoms with van der Waals surface area (Å²) in [5.41, 5.74) is 0. The summed E-state index contributed by atoms with van der Waals surface area (Å²) in [6.07, 6.45) is 1.71. The maximum absolute atomic E-state index is 10.3. The van der Waals surface area contributed by atoms with Gasteiger partial charge in [0.05, 0.1) is 0 Å². The second-order valence-corrected chi connectivity index (χ2v) is 2.94. The molecule has 0 radical (unpaired) electrons. The van der Waals surface area contributed by atoms with Gasteiger partial charge in [-0.3, -0.25) is 4.21 Å². The largest absolute Gasteiger partial charge is 0.319 e. The fourth-order valence-electron chi connectivity index (χ4n) is 0.246. The zero-order chi connectivity index (χ0) is 5.70. The standard InChI is InChI=1S/C4H11NOS/c1-5-3-4-7(2)6/h5H,3-4H2,1-2H3. The second-order valence-electron chi connectivity index (χ2n) is 1.38. The van der Waals surface area contributed by atoms with Gasteiger partial charge in [-0.15, -0.1) is 0 Å². The van der Waals surface area contributed by atoms with E-state index >= 15 is 0 Å². The van der Waals surface area contributed by atoms with Crippen molar-refractivity contribution in [3.05, 3.63) is 0 Å². The zero-order valence-electron chi connectivity index (χ0n) is 4.73. The third kappa shape index (κ3) is 6.11. The van der Waals surface area contributed by atoms with Crippen LogP contribution in [0.4, 0.5) is 0 Å². The molecule has 0 aromatic rings. The number of rotatable bonds is 3. The first-order chi connectivity index (χ1) is 3.27. The van der Waals surface area contributed by atoms with Gasteiger partial charge in [-0.1, -0.05) is 0 Å². The Bertz CT molecular complexity index is 64.7. The van der Waals surface area contributed by atoms with Gasteiger partial charge in [-0.2, -0.15) is 0 Å². The lowest BCUT2D eigenvalue weighted by Crippen LogP contribution is -2.14. The van der Waals surface area contributed by atoms with E-state index in [1.807, 2.05) is 7.05 Å². The maximum atomic E-state index is 10.3. The van der Waals surface area contributed by atoms with E-state index in [-0.39, 0.29) is 0 Å². The summed E-state index contributed by atoms with van der Waals surface area (Å²) in [4.78, 5) is 0. The molecule has 7 heavy (non-hydrogen) atoms. The molecule has 0 spiro atoms. The Kier molecular flexibility index (Phi) is 4.34. The molecule has 1 N–H and O–H groups in total. The first kappa shape index (κ1) is 7.11. The van der Waals surface area contributed by atoms with Crippen LogP contribution in [0, 0.1) is 0 Å². The zero-order valence-corrected chi connectivity index (χ0v) is 5.55. The van der Waals surface area contributed by atoms with Crippen molar-refractivity contribution in [2.75, 3.05) is 25.6 Å². The van der Waals surface area contributed by atoms with Crippen molar-refractivity contribution in [1.29, 1.82) is 0 Å². The molecular weight excluding hydrogens is 110 g/mol. The predicted molar refractivity (Wildman–Crippen MR) is 32.9 cm³/mol. The summed E-state index contributed by atoms with van der Waals surface area (Å²) in [5, 5.41) is 2.91. The summed E-state index contributed by atoms with van der Waals surface area (Å²) in [7, 11) is 1.23. The molecule has 0 rings (SSSR count). The van der Waals surface area contributed by atoms with E-state index in [2.05, 4.69) is 5.32 Å². The molecule has 0 aromatic heterocycles. The fourth-order valence-corrected chi connectivity index (χ4v) is 0.737. The van der Waals surface area contributed by atoms with E-state index in [0.717, 1.165) is 12.3 Å². The monoisotopic (exact) mass is 121 g/mol. The minimum Gasteiger partial charge on any atom is -0.319 e. The van der Waals surface area contributed by atoms with Gasteiger partial charge in [0.15, 0.2) is 0 Å². The van der Waals surface area contributed by atoms with Crippen LogP contribution in [0.25, 0.3) is 0 Å². The molecule has 0 aromatic carbocycles. The molecule has 3 heteroatoms. The highest BCUT2D eigenvalue weighted by molar-refractivity contribution is 7.84. The van der Waals surface area contributed by atoms with Crippen molar-refractivity contribution in [1.82, 2.24) is 5.32 Å². The molecular formula is C4H11NOS. The van der Waals surface area contributed by atoms with Crippen LogP contribution in [0.2, 0.25) is 0 Å². The van der Waals surface area contributed by atoms with Crippen molar-refractivity contribution in [3.8, 4) is 0 Å². The Morgan fingerprint density at radius 2 is 2.29 bits per heavy atom. The molecule has 0 aliphatic heterocycles. The normalized spacial score (nSPS) is 14.0. The van der Waals surface area contributed by atoms with E-state index in [4.69, 9.17) is 0 Å². The predicted octanol–water partition coefficient (Wildman–Crippen LogP) is -0.416. The highest BCUT2D eigenvalue weighted by Gasteiger charge is 1.84. The van der Waals surface area contributed by atoms with Crippen molar-refractivity contribution < 1.29 is 4.21 Å². The van der Waals surface area contributed by atoms with Crippen molar-refractivity contribution in [3.63, 3.8) is 0 Å². The lowest BCUT2D eigenvalue weighted by molar-refractivity contribution is 0.684. The van der Waals surface area contributed by atoms with E-state index in [9.17, 15) is 4.21 Å². The average molecular weight is 121 g/mol. The molecule has 0 bridgehead atoms. The smallest absolute Gasteiger partial charge is 0.0357 e. The molecule has 0 aliphatic rings. The van der Waals surface area contributed by atoms with Crippen LogP contribution in [-0.2, 0) is 10.8 Å². The lowest BCUT2D eigenvalue weighted by Gasteiger charge is -1.91. The van der Waals surface area contributed by atoms with Crippen LogP contribution in [-0.4, -0.2) is 29.8 Å². The van der Waals surface area contributed by atoms with E-state index in [1.54, 1.807) is 6.26 Å². The Labute approximate surface area is 46.8 Å². The first-order valence-electron chi connectivity index (χ1n) is 2.22. The summed E-state index contributed by atoms with van der Waals surface area (Å²) in [5.74, 6) is 0.760. The van der Waals surface area contributed by atoms with Crippen LogP contribution in [0.3, 0.4) is 0 Å². The molecule has 44 valence electrons. The van der Waals surface area contributed by atoms with Crippen molar-refractivity contribution in [2.24, 2.45) is 0 Å². The van der Waals surface area contributed by atoms with Gasteiger partial charge >= 0.3 is 0 Å². The molecule has 0 amide bonds. The summed E-state index contributed by atoms with van der Waals surface area (Å²) in [6.45, 7) is 0.850. The van der Waals surface area contributed by atoms with Crippen LogP contribution < -0.4 is 5.32 Å². The summed E-state index contributed by atoms with van der Waals surface area (Å²) < 4.78 is 10.3. The van der Waals surface area contributed by atoms with E-state index in [1.165, 1.54) is 0 Å². The molecule has 0 saturated carbocycles. The average Bonchev–Trinajstić information content (AvgIpc) is 1.61. The van der Waals surface area contributed by atoms with Crippen LogP contribution >= 0.6 is 0 Å². The van der Waals surface area contributed by atoms with Gasteiger partial charge in [0.1, 0.15) is 0 Å². The molecule has 0 fully saturated rings. The topological polar surface area (TPSA) is 29.1 Å². The highest BCUT2D eigenvalue weighted by Crippen LogP contribution is 1.67. The minimum absolute atomic E-state index is 0.628. The van der Waals surface area contributed by atoms with Gasteiger partial charge in [-0.25, -0.2) is 0 Å². The minimum atomic E-state index is -0.628. The summed E-state index contributed by atoms with van der Waals surface area (Å²) in [6, 6.07) is 0. The van der Waals surface area contributed by atoms with Crippen LogP contribution in [0.5, 0.6) is 0 Å². The third-order valence-corrected chi connectivity index (χ3v) is 1.42. The fraction of sp³-hybridized carbons (Fsp3) is 1.00. The number of hydrogen-bond donors (Lipinski definition) is 1. The van der Waals surface area contributed by atoms with Gasteiger partial charge in [0.25, 0.3) is 0 Å². The van der Waals surface area contributed by atoms with Gasteiger partial charge < -0.3 is 5.32 Å². The highest BCUT2D eigenvalue weighted by atomic mass is 32.2.